The van der Waals surface area contributed by atoms with Gasteiger partial charge in [0.15, 0.2) is 0 Å². The predicted molar refractivity (Wildman–Crippen MR) is 101 cm³/mol. The Morgan fingerprint density at radius 2 is 1.93 bits per heavy atom. The third-order valence-corrected chi connectivity index (χ3v) is 5.77. The highest BCUT2D eigenvalue weighted by Crippen LogP contribution is 2.39. The number of aromatic nitrogens is 1. The fourth-order valence-electron chi connectivity index (χ4n) is 3.32. The van der Waals surface area contributed by atoms with Gasteiger partial charge in [-0.2, -0.15) is 21.6 Å². The number of ether oxygens (including phenoxy) is 2. The minimum absolute atomic E-state index is 0.0637. The zero-order chi connectivity index (χ0) is 22.3. The van der Waals surface area contributed by atoms with Gasteiger partial charge in [0, 0.05) is 24.0 Å². The zero-order valence-electron chi connectivity index (χ0n) is 16.3. The Kier molecular flexibility index (Phi) is 5.72. The molecule has 1 saturated heterocycles. The lowest BCUT2D eigenvalue weighted by Crippen LogP contribution is -2.31. The molecule has 1 aromatic heterocycles. The molecule has 30 heavy (non-hydrogen) atoms. The molecule has 0 N–H and O–H groups in total. The van der Waals surface area contributed by atoms with Crippen LogP contribution in [0.5, 0.6) is 11.6 Å². The number of pyridine rings is 1. The van der Waals surface area contributed by atoms with Gasteiger partial charge in [-0.3, -0.25) is 0 Å². The Hall–Kier alpha value is -2.76. The second-order valence-electron chi connectivity index (χ2n) is 6.72. The van der Waals surface area contributed by atoms with E-state index in [0.29, 0.717) is 11.9 Å². The van der Waals surface area contributed by atoms with Crippen molar-refractivity contribution in [2.75, 3.05) is 25.7 Å². The van der Waals surface area contributed by atoms with Crippen molar-refractivity contribution in [3.8, 4) is 11.6 Å². The van der Waals surface area contributed by atoms with Gasteiger partial charge in [0.1, 0.15) is 17.0 Å². The van der Waals surface area contributed by atoms with Gasteiger partial charge in [-0.1, -0.05) is 0 Å². The Morgan fingerprint density at radius 3 is 2.47 bits per heavy atom. The van der Waals surface area contributed by atoms with E-state index in [2.05, 4.69) is 9.17 Å². The summed E-state index contributed by atoms with van der Waals surface area (Å²) in [5.74, 6) is -1.31. The number of carbonyl (C=O) groups excluding carboxylic acids is 1. The number of alkyl halides is 3. The van der Waals surface area contributed by atoms with Crippen molar-refractivity contribution in [3.63, 3.8) is 0 Å². The van der Waals surface area contributed by atoms with Crippen LogP contribution in [0.15, 0.2) is 18.2 Å². The molecule has 1 aliphatic heterocycles. The molecule has 3 rings (SSSR count). The summed E-state index contributed by atoms with van der Waals surface area (Å²) in [5.41, 5.74) is -5.35. The average molecular weight is 448 g/mol. The molecule has 12 heteroatoms. The number of nitrogens with zero attached hydrogens (tertiary/aromatic N) is 2. The number of methoxy groups -OCH3 is 2. The van der Waals surface area contributed by atoms with Crippen molar-refractivity contribution < 1.29 is 40.0 Å². The highest BCUT2D eigenvalue weighted by atomic mass is 32.2. The molecule has 0 amide bonds. The van der Waals surface area contributed by atoms with Crippen LogP contribution in [-0.2, 0) is 14.9 Å². The molecular weight excluding hydrogens is 429 g/mol. The van der Waals surface area contributed by atoms with Crippen molar-refractivity contribution in [2.45, 2.75) is 31.3 Å². The lowest BCUT2D eigenvalue weighted by Gasteiger charge is -2.26. The topological polar surface area (TPSA) is 95.0 Å². The summed E-state index contributed by atoms with van der Waals surface area (Å²) < 4.78 is 76.2. The lowest BCUT2D eigenvalue weighted by molar-refractivity contribution is -0.0501. The third kappa shape index (κ3) is 3.95. The number of carbonyl (C=O) groups is 1. The SMILES string of the molecule is COC(=O)c1cc2cc(N3CCC[C@@H]3C)c(OS(=O)(=O)C(F)(F)F)nc2cc1OC. The van der Waals surface area contributed by atoms with E-state index in [1.807, 2.05) is 6.92 Å². The number of halogens is 3. The quantitative estimate of drug-likeness (QED) is 0.391. The van der Waals surface area contributed by atoms with Crippen LogP contribution in [0.25, 0.3) is 10.9 Å². The first-order valence-electron chi connectivity index (χ1n) is 8.87. The van der Waals surface area contributed by atoms with Crippen molar-refractivity contribution in [2.24, 2.45) is 0 Å². The molecule has 0 unspecified atom stereocenters. The standard InChI is InChI=1S/C18H19F3N2O6S/c1-10-5-4-6-23(10)14-8-11-7-12(17(24)28-3)15(27-2)9-13(11)22-16(14)29-30(25,26)18(19,20)21/h7-10H,4-6H2,1-3H3/t10-/m0/s1. The first-order chi connectivity index (χ1) is 14.0. The Balaban J connectivity index is 2.23. The molecule has 1 aromatic carbocycles. The van der Waals surface area contributed by atoms with Crippen molar-refractivity contribution in [1.82, 2.24) is 4.98 Å². The fraction of sp³-hybridized carbons (Fsp3) is 0.444. The van der Waals surface area contributed by atoms with Crippen LogP contribution in [0.3, 0.4) is 0 Å². The molecule has 0 bridgehead atoms. The largest absolute Gasteiger partial charge is 0.534 e. The van der Waals surface area contributed by atoms with Crippen LogP contribution in [0.4, 0.5) is 18.9 Å². The van der Waals surface area contributed by atoms with Gasteiger partial charge in [-0.05, 0) is 31.9 Å². The fourth-order valence-corrected chi connectivity index (χ4v) is 3.75. The Bertz CT molecular complexity index is 1090. The smallest absolute Gasteiger partial charge is 0.496 e. The van der Waals surface area contributed by atoms with Crippen LogP contribution >= 0.6 is 0 Å². The molecule has 1 fully saturated rings. The summed E-state index contributed by atoms with van der Waals surface area (Å²) in [6.45, 7) is 2.34. The Morgan fingerprint density at radius 1 is 1.23 bits per heavy atom. The van der Waals surface area contributed by atoms with Gasteiger partial charge in [-0.25, -0.2) is 9.78 Å². The number of fused-ring (bicyclic) bond motifs is 1. The summed E-state index contributed by atoms with van der Waals surface area (Å²) in [6.07, 6.45) is 1.53. The maximum Gasteiger partial charge on any atom is 0.534 e. The minimum atomic E-state index is -5.92. The number of hydrogen-bond donors (Lipinski definition) is 0. The molecule has 0 aliphatic carbocycles. The van der Waals surface area contributed by atoms with Gasteiger partial charge in [0.05, 0.1) is 19.7 Å². The molecule has 0 radical (unpaired) electrons. The number of esters is 1. The molecule has 164 valence electrons. The zero-order valence-corrected chi connectivity index (χ0v) is 17.1. The van der Waals surface area contributed by atoms with Crippen LogP contribution in [0, 0.1) is 0 Å². The number of benzene rings is 1. The van der Waals surface area contributed by atoms with Gasteiger partial charge in [0.25, 0.3) is 5.88 Å². The summed E-state index contributed by atoms with van der Waals surface area (Å²) in [7, 11) is -3.44. The average Bonchev–Trinajstić information content (AvgIpc) is 3.10. The van der Waals surface area contributed by atoms with E-state index >= 15 is 0 Å². The number of anilines is 1. The van der Waals surface area contributed by atoms with Gasteiger partial charge < -0.3 is 18.6 Å². The van der Waals surface area contributed by atoms with E-state index in [9.17, 15) is 26.4 Å². The van der Waals surface area contributed by atoms with E-state index in [4.69, 9.17) is 9.47 Å². The second kappa shape index (κ2) is 7.82. The maximum absolute atomic E-state index is 12.9. The predicted octanol–water partition coefficient (Wildman–Crippen LogP) is 3.25. The van der Waals surface area contributed by atoms with E-state index in [1.165, 1.54) is 32.4 Å². The molecule has 1 aliphatic rings. The van der Waals surface area contributed by atoms with Crippen LogP contribution in [-0.4, -0.2) is 51.7 Å². The monoisotopic (exact) mass is 448 g/mol. The lowest BCUT2D eigenvalue weighted by atomic mass is 10.1. The molecule has 0 saturated carbocycles. The summed E-state index contributed by atoms with van der Waals surface area (Å²) in [4.78, 5) is 17.8. The van der Waals surface area contributed by atoms with Crippen LogP contribution < -0.4 is 13.8 Å². The molecular formula is C18H19F3N2O6S. The van der Waals surface area contributed by atoms with Crippen molar-refractivity contribution >= 4 is 32.7 Å². The van der Waals surface area contributed by atoms with Gasteiger partial charge >= 0.3 is 21.6 Å². The summed E-state index contributed by atoms with van der Waals surface area (Å²) in [5, 5.41) is 0.377. The summed E-state index contributed by atoms with van der Waals surface area (Å²) >= 11 is 0. The molecule has 2 heterocycles. The first kappa shape index (κ1) is 21.9. The van der Waals surface area contributed by atoms with E-state index in [1.54, 1.807) is 4.90 Å². The van der Waals surface area contributed by atoms with E-state index in [0.717, 1.165) is 12.8 Å². The maximum atomic E-state index is 12.9. The van der Waals surface area contributed by atoms with Crippen LogP contribution in [0.1, 0.15) is 30.1 Å². The molecule has 0 spiro atoms. The van der Waals surface area contributed by atoms with E-state index in [-0.39, 0.29) is 28.6 Å². The van der Waals surface area contributed by atoms with Crippen LogP contribution in [0.2, 0.25) is 0 Å². The molecule has 1 atom stereocenters. The second-order valence-corrected chi connectivity index (χ2v) is 8.26. The Labute approximate surface area is 170 Å². The number of hydrogen-bond acceptors (Lipinski definition) is 8. The normalized spacial score (nSPS) is 17.3. The summed E-state index contributed by atoms with van der Waals surface area (Å²) in [6, 6.07) is 4.08. The van der Waals surface area contributed by atoms with Crippen molar-refractivity contribution in [1.29, 1.82) is 0 Å². The third-order valence-electron chi connectivity index (χ3n) is 4.82. The van der Waals surface area contributed by atoms with E-state index < -0.39 is 27.5 Å². The highest BCUT2D eigenvalue weighted by Gasteiger charge is 2.49. The molecule has 8 nitrogen and oxygen atoms in total. The minimum Gasteiger partial charge on any atom is -0.496 e. The van der Waals surface area contributed by atoms with Gasteiger partial charge in [-0.15, -0.1) is 0 Å². The number of rotatable bonds is 5. The first-order valence-corrected chi connectivity index (χ1v) is 10.3. The van der Waals surface area contributed by atoms with Gasteiger partial charge in [0.2, 0.25) is 0 Å². The highest BCUT2D eigenvalue weighted by molar-refractivity contribution is 7.88. The van der Waals surface area contributed by atoms with Crippen molar-refractivity contribution in [3.05, 3.63) is 23.8 Å². The molecule has 2 aromatic rings.